The zero-order valence-corrected chi connectivity index (χ0v) is 9.45. The zero-order valence-electron chi connectivity index (χ0n) is 7.45. The van der Waals surface area contributed by atoms with Crippen LogP contribution < -0.4 is 34.7 Å². The summed E-state index contributed by atoms with van der Waals surface area (Å²) in [6.45, 7) is -0.904. The van der Waals surface area contributed by atoms with Gasteiger partial charge in [0, 0.05) is 0 Å². The Kier molecular flexibility index (Phi) is 8.55. The number of aliphatic hydroxyl groups is 4. The molecule has 14 heavy (non-hydrogen) atoms. The van der Waals surface area contributed by atoms with Gasteiger partial charge in [-0.15, -0.1) is 0 Å². The Hall–Kier alpha value is -0.0200. The van der Waals surface area contributed by atoms with Crippen molar-refractivity contribution in [2.24, 2.45) is 0 Å². The molecule has 0 fully saturated rings. The summed E-state index contributed by atoms with van der Waals surface area (Å²) in [6, 6.07) is 0. The Balaban J connectivity index is 0. The third-order valence-corrected chi connectivity index (χ3v) is 1.37. The molecule has 0 bridgehead atoms. The molecule has 0 aliphatic heterocycles. The van der Waals surface area contributed by atoms with Crippen molar-refractivity contribution < 1.29 is 64.7 Å². The molecule has 0 spiro atoms. The van der Waals surface area contributed by atoms with E-state index in [1.807, 2.05) is 0 Å². The Labute approximate surface area is 101 Å². The molecule has 0 aliphatic carbocycles. The topological polar surface area (TPSA) is 138 Å². The number of hydrogen-bond acceptors (Lipinski definition) is 7. The molecular weight excluding hydrogens is 207 g/mol. The van der Waals surface area contributed by atoms with Crippen LogP contribution in [0.1, 0.15) is 0 Å². The van der Waals surface area contributed by atoms with E-state index in [0.717, 1.165) is 0 Å². The SMILES string of the molecule is O=C([O-])C(=O)[C@@H](O)[C@H](O)[C@H](O)CO.[Na+]. The molecule has 3 atom stereocenters. The second kappa shape index (κ2) is 7.30. The van der Waals surface area contributed by atoms with Crippen LogP contribution >= 0.6 is 0 Å². The number of aliphatic hydroxyl groups excluding tert-OH is 4. The molecule has 8 heteroatoms. The van der Waals surface area contributed by atoms with Gasteiger partial charge >= 0.3 is 29.6 Å². The summed E-state index contributed by atoms with van der Waals surface area (Å²) in [7, 11) is 0. The number of aliphatic carboxylic acids is 1. The normalized spacial score (nSPS) is 16.3. The molecule has 76 valence electrons. The van der Waals surface area contributed by atoms with Crippen LogP contribution in [0.15, 0.2) is 0 Å². The van der Waals surface area contributed by atoms with E-state index in [0.29, 0.717) is 0 Å². The quantitative estimate of drug-likeness (QED) is 0.264. The van der Waals surface area contributed by atoms with Gasteiger partial charge in [0.15, 0.2) is 0 Å². The fourth-order valence-electron chi connectivity index (χ4n) is 0.594. The van der Waals surface area contributed by atoms with Gasteiger partial charge < -0.3 is 30.3 Å². The molecule has 0 aromatic carbocycles. The van der Waals surface area contributed by atoms with Gasteiger partial charge in [0.05, 0.1) is 6.61 Å². The molecule has 0 rings (SSSR count). The number of carboxylic acid groups (broad SMARTS) is 1. The largest absolute Gasteiger partial charge is 1.00 e. The molecule has 0 unspecified atom stereocenters. The average Bonchev–Trinajstić information content (AvgIpc) is 2.12. The maximum Gasteiger partial charge on any atom is 1.00 e. The summed E-state index contributed by atoms with van der Waals surface area (Å²) in [5.74, 6) is -3.92. The predicted octanol–water partition coefficient (Wildman–Crippen LogP) is -7.62. The number of rotatable bonds is 5. The van der Waals surface area contributed by atoms with Gasteiger partial charge in [0.1, 0.15) is 24.3 Å². The molecule has 0 amide bonds. The molecule has 0 radical (unpaired) electrons. The third kappa shape index (κ3) is 4.47. The van der Waals surface area contributed by atoms with Gasteiger partial charge in [-0.2, -0.15) is 0 Å². The number of carbonyl (C=O) groups excluding carboxylic acids is 2. The van der Waals surface area contributed by atoms with Crippen molar-refractivity contribution in [3.05, 3.63) is 0 Å². The fraction of sp³-hybridized carbons (Fsp3) is 0.667. The second-order valence-corrected chi connectivity index (χ2v) is 2.34. The van der Waals surface area contributed by atoms with Gasteiger partial charge in [-0.3, -0.25) is 4.79 Å². The van der Waals surface area contributed by atoms with Crippen molar-refractivity contribution in [3.8, 4) is 0 Å². The minimum Gasteiger partial charge on any atom is -0.542 e. The van der Waals surface area contributed by atoms with E-state index in [2.05, 4.69) is 0 Å². The molecule has 0 aromatic rings. The van der Waals surface area contributed by atoms with E-state index < -0.39 is 36.7 Å². The maximum absolute atomic E-state index is 10.4. The molecule has 0 saturated heterocycles. The van der Waals surface area contributed by atoms with Gasteiger partial charge in [0.2, 0.25) is 5.78 Å². The van der Waals surface area contributed by atoms with Crippen molar-refractivity contribution >= 4 is 11.8 Å². The van der Waals surface area contributed by atoms with Crippen molar-refractivity contribution in [2.75, 3.05) is 6.61 Å². The predicted molar refractivity (Wildman–Crippen MR) is 35.1 cm³/mol. The summed E-state index contributed by atoms with van der Waals surface area (Å²) in [5, 5.41) is 44.5. The van der Waals surface area contributed by atoms with Gasteiger partial charge in [-0.1, -0.05) is 0 Å². The maximum atomic E-state index is 10.4. The summed E-state index contributed by atoms with van der Waals surface area (Å²) < 4.78 is 0. The molecule has 0 heterocycles. The van der Waals surface area contributed by atoms with E-state index >= 15 is 0 Å². The third-order valence-electron chi connectivity index (χ3n) is 1.37. The molecule has 0 aromatic heterocycles. The van der Waals surface area contributed by atoms with Gasteiger partial charge in [0.25, 0.3) is 0 Å². The van der Waals surface area contributed by atoms with E-state index in [4.69, 9.17) is 20.4 Å². The van der Waals surface area contributed by atoms with E-state index in [1.165, 1.54) is 0 Å². The molecule has 0 aliphatic rings. The molecule has 7 nitrogen and oxygen atoms in total. The Morgan fingerprint density at radius 2 is 1.64 bits per heavy atom. The first-order valence-corrected chi connectivity index (χ1v) is 3.32. The Bertz CT molecular complexity index is 206. The standard InChI is InChI=1S/C6H10O7.Na/c7-1-2(8)3(9)4(10)5(11)6(12)13;/h2-4,7-10H,1H2,(H,12,13);/q;+1/p-1/t2-,3-,4+;/m1./s1. The van der Waals surface area contributed by atoms with Crippen LogP contribution in [0.25, 0.3) is 0 Å². The fourth-order valence-corrected chi connectivity index (χ4v) is 0.594. The Morgan fingerprint density at radius 1 is 1.21 bits per heavy atom. The molecule has 0 saturated carbocycles. The first-order valence-electron chi connectivity index (χ1n) is 3.32. The molecular formula is C6H9NaO7. The van der Waals surface area contributed by atoms with Crippen LogP contribution in [0.3, 0.4) is 0 Å². The summed E-state index contributed by atoms with van der Waals surface area (Å²) in [6.07, 6.45) is -6.12. The van der Waals surface area contributed by atoms with E-state index in [9.17, 15) is 14.7 Å². The first-order chi connectivity index (χ1) is 5.91. The van der Waals surface area contributed by atoms with E-state index in [1.54, 1.807) is 0 Å². The van der Waals surface area contributed by atoms with Crippen LogP contribution in [0.5, 0.6) is 0 Å². The van der Waals surface area contributed by atoms with E-state index in [-0.39, 0.29) is 29.6 Å². The number of hydrogen-bond donors (Lipinski definition) is 4. The number of ketones is 1. The van der Waals surface area contributed by atoms with Crippen LogP contribution in [0.4, 0.5) is 0 Å². The minimum atomic E-state index is -2.30. The first kappa shape index (κ1) is 16.4. The van der Waals surface area contributed by atoms with Crippen LogP contribution in [0.2, 0.25) is 0 Å². The number of carboxylic acids is 1. The smallest absolute Gasteiger partial charge is 0.542 e. The number of Topliss-reactive ketones (excluding diaryl/α,β-unsaturated/α-hetero) is 1. The second-order valence-electron chi connectivity index (χ2n) is 2.34. The van der Waals surface area contributed by atoms with Crippen molar-refractivity contribution in [1.82, 2.24) is 0 Å². The summed E-state index contributed by atoms with van der Waals surface area (Å²) in [5.41, 5.74) is 0. The van der Waals surface area contributed by atoms with Crippen LogP contribution in [-0.4, -0.2) is 57.1 Å². The summed E-state index contributed by atoms with van der Waals surface area (Å²) >= 11 is 0. The van der Waals surface area contributed by atoms with Crippen molar-refractivity contribution in [1.29, 1.82) is 0 Å². The van der Waals surface area contributed by atoms with Crippen LogP contribution in [-0.2, 0) is 9.59 Å². The van der Waals surface area contributed by atoms with Crippen molar-refractivity contribution in [3.63, 3.8) is 0 Å². The van der Waals surface area contributed by atoms with Crippen molar-refractivity contribution in [2.45, 2.75) is 18.3 Å². The minimum absolute atomic E-state index is 0. The molecule has 4 N–H and O–H groups in total. The summed E-state index contributed by atoms with van der Waals surface area (Å²) in [4.78, 5) is 20.3. The zero-order chi connectivity index (χ0) is 10.6. The van der Waals surface area contributed by atoms with Crippen LogP contribution in [0, 0.1) is 0 Å². The van der Waals surface area contributed by atoms with Gasteiger partial charge in [-0.25, -0.2) is 0 Å². The average molecular weight is 216 g/mol. The monoisotopic (exact) mass is 216 g/mol. The Morgan fingerprint density at radius 3 is 1.93 bits per heavy atom. The van der Waals surface area contributed by atoms with Gasteiger partial charge in [-0.05, 0) is 0 Å². The number of carbonyl (C=O) groups is 2.